The lowest BCUT2D eigenvalue weighted by atomic mass is 10.0. The summed E-state index contributed by atoms with van der Waals surface area (Å²) < 4.78 is 16.9. The molecule has 83 heavy (non-hydrogen) atoms. The van der Waals surface area contributed by atoms with Gasteiger partial charge in [0.15, 0.2) is 6.10 Å². The van der Waals surface area contributed by atoms with Gasteiger partial charge in [0.05, 0.1) is 0 Å². The highest BCUT2D eigenvalue weighted by Gasteiger charge is 2.19. The normalized spacial score (nSPS) is 12.5. The molecule has 0 radical (unpaired) electrons. The molecule has 0 aliphatic heterocycles. The number of unbranched alkanes of at least 4 members (excludes halogenated alkanes) is 44. The topological polar surface area (TPSA) is 78.9 Å². The monoisotopic (exact) mass is 1160 g/mol. The van der Waals surface area contributed by atoms with E-state index in [1.807, 2.05) is 0 Å². The predicted octanol–water partition coefficient (Wildman–Crippen LogP) is 25.2. The van der Waals surface area contributed by atoms with Gasteiger partial charge in [0.1, 0.15) is 13.2 Å². The Bertz CT molecular complexity index is 1520. The number of ether oxygens (including phenoxy) is 3. The summed E-state index contributed by atoms with van der Waals surface area (Å²) in [4.78, 5) is 38.4. The molecule has 0 N–H and O–H groups in total. The molecule has 0 aromatic rings. The van der Waals surface area contributed by atoms with E-state index in [0.717, 1.165) is 77.0 Å². The average Bonchev–Trinajstić information content (AvgIpc) is 3.50. The lowest BCUT2D eigenvalue weighted by molar-refractivity contribution is -0.167. The molecule has 0 rings (SSSR count). The minimum absolute atomic E-state index is 0.0934. The number of carbonyl (C=O) groups is 3. The first-order chi connectivity index (χ1) is 41.0. The molecular formula is C77H138O6. The standard InChI is InChI=1S/C77H138O6/c1-4-7-10-13-16-19-22-25-28-31-32-33-34-35-36-37-38-39-40-41-42-43-44-47-49-52-55-58-61-64-67-70-76(79)82-73-74(83-77(80)71-68-65-62-59-56-53-50-46-30-27-24-21-18-15-12-9-6-3)72-81-75(78)69-66-63-60-57-54-51-48-45-29-26-23-20-17-14-11-8-5-2/h9,12,18,21,27,30-32,50,53,59,62,74H,4-8,10-11,13-17,19-20,22-26,28-29,33-49,51-52,54-58,60-61,63-73H2,1-3H3/b12-9-,21-18-,30-27-,32-31-,53-50-,62-59-. The quantitative estimate of drug-likeness (QED) is 0.0261. The molecule has 1 atom stereocenters. The minimum Gasteiger partial charge on any atom is -0.462 e. The predicted molar refractivity (Wildman–Crippen MR) is 362 cm³/mol. The summed E-state index contributed by atoms with van der Waals surface area (Å²) in [6, 6.07) is 0. The van der Waals surface area contributed by atoms with Crippen LogP contribution in [0.1, 0.15) is 380 Å². The van der Waals surface area contributed by atoms with Gasteiger partial charge in [0, 0.05) is 19.3 Å². The Kier molecular flexibility index (Phi) is 68.6. The summed E-state index contributed by atoms with van der Waals surface area (Å²) in [6.45, 7) is 6.54. The maximum absolute atomic E-state index is 12.9. The van der Waals surface area contributed by atoms with Gasteiger partial charge in [-0.15, -0.1) is 0 Å². The first-order valence-corrected chi connectivity index (χ1v) is 36.4. The second-order valence-corrected chi connectivity index (χ2v) is 24.5. The van der Waals surface area contributed by atoms with Crippen molar-refractivity contribution in [3.8, 4) is 0 Å². The van der Waals surface area contributed by atoms with Gasteiger partial charge >= 0.3 is 17.9 Å². The van der Waals surface area contributed by atoms with Crippen LogP contribution >= 0.6 is 0 Å². The van der Waals surface area contributed by atoms with Crippen LogP contribution in [0.2, 0.25) is 0 Å². The van der Waals surface area contributed by atoms with E-state index in [1.165, 1.54) is 257 Å². The van der Waals surface area contributed by atoms with Gasteiger partial charge < -0.3 is 14.2 Å². The molecule has 1 unspecified atom stereocenters. The van der Waals surface area contributed by atoms with Crippen LogP contribution in [0.25, 0.3) is 0 Å². The number of hydrogen-bond donors (Lipinski definition) is 0. The molecule has 0 amide bonds. The smallest absolute Gasteiger partial charge is 0.306 e. The van der Waals surface area contributed by atoms with Gasteiger partial charge in [-0.05, 0) is 83.5 Å². The van der Waals surface area contributed by atoms with Crippen LogP contribution in [0.15, 0.2) is 72.9 Å². The number of allylic oxidation sites excluding steroid dienone is 12. The maximum Gasteiger partial charge on any atom is 0.306 e. The molecule has 6 heteroatoms. The zero-order valence-corrected chi connectivity index (χ0v) is 55.5. The zero-order chi connectivity index (χ0) is 59.9. The van der Waals surface area contributed by atoms with Crippen LogP contribution < -0.4 is 0 Å². The third-order valence-corrected chi connectivity index (χ3v) is 16.2. The molecule has 0 heterocycles. The van der Waals surface area contributed by atoms with Crippen LogP contribution in [-0.2, 0) is 28.6 Å². The molecule has 0 aliphatic carbocycles. The SMILES string of the molecule is CC/C=C\C/C=C\C/C=C\C/C=C\C/C=C\CCCC(=O)OC(COC(=O)CCCCCCCCCCCCCCCCCCC)COC(=O)CCCCCCCCCCCCCCCCCCCCC/C=C\CCCCCCCCCC. The summed E-state index contributed by atoms with van der Waals surface area (Å²) >= 11 is 0. The van der Waals surface area contributed by atoms with Crippen molar-refractivity contribution in [3.05, 3.63) is 72.9 Å². The molecule has 6 nitrogen and oxygen atoms in total. The Balaban J connectivity index is 4.24. The lowest BCUT2D eigenvalue weighted by Gasteiger charge is -2.18. The van der Waals surface area contributed by atoms with Crippen LogP contribution in [0, 0.1) is 0 Å². The van der Waals surface area contributed by atoms with Crippen molar-refractivity contribution >= 4 is 17.9 Å². The number of hydrogen-bond acceptors (Lipinski definition) is 6. The fourth-order valence-electron chi connectivity index (χ4n) is 10.8. The maximum atomic E-state index is 12.9. The van der Waals surface area contributed by atoms with Crippen molar-refractivity contribution < 1.29 is 28.6 Å². The number of rotatable bonds is 67. The van der Waals surface area contributed by atoms with E-state index in [1.54, 1.807) is 0 Å². The van der Waals surface area contributed by atoms with E-state index < -0.39 is 6.10 Å². The first kappa shape index (κ1) is 79.8. The highest BCUT2D eigenvalue weighted by atomic mass is 16.6. The van der Waals surface area contributed by atoms with Crippen LogP contribution in [0.3, 0.4) is 0 Å². The van der Waals surface area contributed by atoms with Gasteiger partial charge in [-0.3, -0.25) is 14.4 Å². The van der Waals surface area contributed by atoms with Gasteiger partial charge in [0.2, 0.25) is 0 Å². The van der Waals surface area contributed by atoms with Crippen molar-refractivity contribution in [3.63, 3.8) is 0 Å². The van der Waals surface area contributed by atoms with E-state index in [-0.39, 0.29) is 37.5 Å². The van der Waals surface area contributed by atoms with Crippen molar-refractivity contribution in [1.82, 2.24) is 0 Å². The van der Waals surface area contributed by atoms with E-state index in [0.29, 0.717) is 19.3 Å². The molecule has 0 aliphatic rings. The zero-order valence-electron chi connectivity index (χ0n) is 55.5. The first-order valence-electron chi connectivity index (χ1n) is 36.4. The Morgan fingerprint density at radius 1 is 0.253 bits per heavy atom. The third kappa shape index (κ3) is 69.5. The van der Waals surface area contributed by atoms with Crippen molar-refractivity contribution in [2.24, 2.45) is 0 Å². The van der Waals surface area contributed by atoms with E-state index in [2.05, 4.69) is 93.7 Å². The second-order valence-electron chi connectivity index (χ2n) is 24.5. The van der Waals surface area contributed by atoms with E-state index in [9.17, 15) is 14.4 Å². The van der Waals surface area contributed by atoms with Gasteiger partial charge in [-0.2, -0.15) is 0 Å². The Labute approximate surface area is 516 Å². The molecule has 482 valence electrons. The van der Waals surface area contributed by atoms with Crippen LogP contribution in [0.4, 0.5) is 0 Å². The van der Waals surface area contributed by atoms with Crippen LogP contribution in [-0.4, -0.2) is 37.2 Å². The number of carbonyl (C=O) groups excluding carboxylic acids is 3. The summed E-state index contributed by atoms with van der Waals surface area (Å²) in [5.74, 6) is -0.929. The molecule has 0 aromatic carbocycles. The summed E-state index contributed by atoms with van der Waals surface area (Å²) in [7, 11) is 0. The van der Waals surface area contributed by atoms with E-state index in [4.69, 9.17) is 14.2 Å². The largest absolute Gasteiger partial charge is 0.462 e. The lowest BCUT2D eigenvalue weighted by Crippen LogP contribution is -2.30. The second kappa shape index (κ2) is 71.3. The molecule has 0 spiro atoms. The molecular weight excluding hydrogens is 1020 g/mol. The summed E-state index contributed by atoms with van der Waals surface area (Å²) in [5, 5.41) is 0. The molecule has 0 saturated heterocycles. The summed E-state index contributed by atoms with van der Waals surface area (Å²) in [5.41, 5.74) is 0. The molecule has 0 aromatic heterocycles. The highest BCUT2D eigenvalue weighted by Crippen LogP contribution is 2.18. The highest BCUT2D eigenvalue weighted by molar-refractivity contribution is 5.71. The van der Waals surface area contributed by atoms with Crippen molar-refractivity contribution in [2.75, 3.05) is 13.2 Å². The van der Waals surface area contributed by atoms with Gasteiger partial charge in [-0.1, -0.05) is 351 Å². The summed E-state index contributed by atoms with van der Waals surface area (Å²) in [6.07, 6.45) is 93.9. The van der Waals surface area contributed by atoms with Crippen molar-refractivity contribution in [1.29, 1.82) is 0 Å². The fraction of sp³-hybridized carbons (Fsp3) is 0.805. The Hall–Kier alpha value is -3.15. The molecule has 0 fully saturated rings. The Morgan fingerprint density at radius 2 is 0.482 bits per heavy atom. The Morgan fingerprint density at radius 3 is 0.783 bits per heavy atom. The van der Waals surface area contributed by atoms with Gasteiger partial charge in [0.25, 0.3) is 0 Å². The fourth-order valence-corrected chi connectivity index (χ4v) is 10.8. The third-order valence-electron chi connectivity index (χ3n) is 16.2. The van der Waals surface area contributed by atoms with E-state index >= 15 is 0 Å². The van der Waals surface area contributed by atoms with Gasteiger partial charge in [-0.25, -0.2) is 0 Å². The average molecular weight is 1160 g/mol. The van der Waals surface area contributed by atoms with Crippen LogP contribution in [0.5, 0.6) is 0 Å². The molecule has 0 saturated carbocycles. The minimum atomic E-state index is -0.804. The number of esters is 3. The molecule has 0 bridgehead atoms. The van der Waals surface area contributed by atoms with Crippen molar-refractivity contribution in [2.45, 2.75) is 386 Å².